The number of ether oxygens (including phenoxy) is 1. The van der Waals surface area contributed by atoms with Crippen molar-refractivity contribution in [2.75, 3.05) is 24.8 Å². The van der Waals surface area contributed by atoms with Crippen LogP contribution in [0.1, 0.15) is 23.3 Å². The number of hydrogen-bond acceptors (Lipinski definition) is 7. The molecule has 2 aromatic heterocycles. The van der Waals surface area contributed by atoms with Gasteiger partial charge in [-0.05, 0) is 31.0 Å². The van der Waals surface area contributed by atoms with Gasteiger partial charge in [-0.15, -0.1) is 10.2 Å². The molecular formula is C20H21N7O3. The van der Waals surface area contributed by atoms with Gasteiger partial charge >= 0.3 is 0 Å². The second kappa shape index (κ2) is 8.19. The maximum atomic E-state index is 12.3. The summed E-state index contributed by atoms with van der Waals surface area (Å²) in [5.74, 6) is 0.347. The average molecular weight is 407 g/mol. The zero-order valence-electron chi connectivity index (χ0n) is 16.5. The van der Waals surface area contributed by atoms with Crippen molar-refractivity contribution in [3.8, 4) is 17.0 Å². The Labute approximate surface area is 172 Å². The first-order valence-corrected chi connectivity index (χ1v) is 9.45. The molecule has 10 nitrogen and oxygen atoms in total. The van der Waals surface area contributed by atoms with Crippen LogP contribution in [-0.2, 0) is 4.79 Å². The van der Waals surface area contributed by atoms with Gasteiger partial charge in [-0.3, -0.25) is 14.7 Å². The van der Waals surface area contributed by atoms with Gasteiger partial charge in [0.2, 0.25) is 5.91 Å². The molecular weight excluding hydrogens is 386 g/mol. The molecule has 154 valence electrons. The molecule has 1 aliphatic carbocycles. The van der Waals surface area contributed by atoms with Gasteiger partial charge in [0.15, 0.2) is 17.3 Å². The topological polar surface area (TPSA) is 134 Å². The molecule has 30 heavy (non-hydrogen) atoms. The molecule has 10 heteroatoms. The third kappa shape index (κ3) is 3.93. The number of anilines is 3. The summed E-state index contributed by atoms with van der Waals surface area (Å²) < 4.78 is 5.62. The molecule has 0 radical (unpaired) electrons. The Morgan fingerprint density at radius 3 is 2.67 bits per heavy atom. The van der Waals surface area contributed by atoms with Gasteiger partial charge in [-0.1, -0.05) is 6.07 Å². The van der Waals surface area contributed by atoms with Crippen molar-refractivity contribution < 1.29 is 14.3 Å². The number of nitrogens with zero attached hydrogens (tertiary/aromatic N) is 3. The van der Waals surface area contributed by atoms with Crippen LogP contribution >= 0.6 is 0 Å². The SMILES string of the molecule is CNC(=O)c1nnc(NC(=O)C2CC2)cc1Nc1cccc(-c2ccn[nH]2)c1OC. The molecule has 0 atom stereocenters. The summed E-state index contributed by atoms with van der Waals surface area (Å²) in [6.07, 6.45) is 3.40. The van der Waals surface area contributed by atoms with Crippen LogP contribution in [0.15, 0.2) is 36.5 Å². The number of methoxy groups -OCH3 is 1. The van der Waals surface area contributed by atoms with Gasteiger partial charge in [0.25, 0.3) is 5.91 Å². The smallest absolute Gasteiger partial charge is 0.273 e. The highest BCUT2D eigenvalue weighted by Crippen LogP contribution is 2.37. The summed E-state index contributed by atoms with van der Waals surface area (Å²) in [6.45, 7) is 0. The number of hydrogen-bond donors (Lipinski definition) is 4. The Morgan fingerprint density at radius 1 is 1.17 bits per heavy atom. The predicted molar refractivity (Wildman–Crippen MR) is 111 cm³/mol. The van der Waals surface area contributed by atoms with Gasteiger partial charge < -0.3 is 20.7 Å². The third-order valence-electron chi connectivity index (χ3n) is 4.71. The Balaban J connectivity index is 1.71. The molecule has 1 saturated carbocycles. The largest absolute Gasteiger partial charge is 0.494 e. The Bertz CT molecular complexity index is 1080. The maximum absolute atomic E-state index is 12.3. The zero-order valence-corrected chi connectivity index (χ0v) is 16.5. The number of aromatic nitrogens is 4. The molecule has 3 aromatic rings. The van der Waals surface area contributed by atoms with Crippen molar-refractivity contribution in [1.82, 2.24) is 25.7 Å². The third-order valence-corrected chi connectivity index (χ3v) is 4.71. The quantitative estimate of drug-likeness (QED) is 0.472. The highest BCUT2D eigenvalue weighted by atomic mass is 16.5. The molecule has 2 heterocycles. The first kappa shape index (κ1) is 19.4. The van der Waals surface area contributed by atoms with Gasteiger partial charge in [0.1, 0.15) is 0 Å². The molecule has 1 fully saturated rings. The van der Waals surface area contributed by atoms with Crippen LogP contribution in [0.4, 0.5) is 17.2 Å². The number of benzene rings is 1. The molecule has 4 N–H and O–H groups in total. The number of carbonyl (C=O) groups is 2. The van der Waals surface area contributed by atoms with E-state index in [0.29, 0.717) is 17.1 Å². The van der Waals surface area contributed by atoms with Crippen molar-refractivity contribution in [3.05, 3.63) is 42.2 Å². The highest BCUT2D eigenvalue weighted by molar-refractivity contribution is 6.00. The van der Waals surface area contributed by atoms with Crippen molar-refractivity contribution in [2.24, 2.45) is 5.92 Å². The number of amides is 2. The summed E-state index contributed by atoms with van der Waals surface area (Å²) in [5, 5.41) is 23.4. The Morgan fingerprint density at radius 2 is 2.00 bits per heavy atom. The summed E-state index contributed by atoms with van der Waals surface area (Å²) >= 11 is 0. The van der Waals surface area contributed by atoms with E-state index in [1.54, 1.807) is 19.4 Å². The monoisotopic (exact) mass is 407 g/mol. The minimum Gasteiger partial charge on any atom is -0.494 e. The van der Waals surface area contributed by atoms with E-state index in [1.807, 2.05) is 24.3 Å². The van der Waals surface area contributed by atoms with E-state index in [4.69, 9.17) is 4.74 Å². The molecule has 0 saturated heterocycles. The van der Waals surface area contributed by atoms with Gasteiger partial charge in [0, 0.05) is 30.8 Å². The van der Waals surface area contributed by atoms with Crippen LogP contribution in [0.3, 0.4) is 0 Å². The lowest BCUT2D eigenvalue weighted by Gasteiger charge is -2.16. The fourth-order valence-corrected chi connectivity index (χ4v) is 3.03. The summed E-state index contributed by atoms with van der Waals surface area (Å²) in [6, 6.07) is 8.97. The lowest BCUT2D eigenvalue weighted by molar-refractivity contribution is -0.117. The summed E-state index contributed by atoms with van der Waals surface area (Å²) in [7, 11) is 3.07. The van der Waals surface area contributed by atoms with Crippen LogP contribution < -0.4 is 20.7 Å². The van der Waals surface area contributed by atoms with E-state index in [1.165, 1.54) is 7.05 Å². The van der Waals surface area contributed by atoms with E-state index in [0.717, 1.165) is 24.1 Å². The highest BCUT2D eigenvalue weighted by Gasteiger charge is 2.30. The number of rotatable bonds is 7. The van der Waals surface area contributed by atoms with Crippen molar-refractivity contribution >= 4 is 29.0 Å². The summed E-state index contributed by atoms with van der Waals surface area (Å²) in [5.41, 5.74) is 2.67. The molecule has 4 rings (SSSR count). The first-order valence-electron chi connectivity index (χ1n) is 9.45. The molecule has 0 unspecified atom stereocenters. The van der Waals surface area contributed by atoms with E-state index >= 15 is 0 Å². The van der Waals surface area contributed by atoms with E-state index < -0.39 is 5.91 Å². The standard InChI is InChI=1S/C20H21N7O3/c1-21-20(29)17-15(10-16(26-27-17)24-19(28)11-6-7-11)23-14-5-3-4-12(18(14)30-2)13-8-9-22-25-13/h3-5,8-11H,6-7H2,1-2H3,(H,21,29)(H,22,25)(H2,23,24,26,28). The second-order valence-corrected chi connectivity index (χ2v) is 6.82. The Kier molecular flexibility index (Phi) is 5.29. The normalized spacial score (nSPS) is 12.9. The van der Waals surface area contributed by atoms with Gasteiger partial charge in [0.05, 0.1) is 24.2 Å². The van der Waals surface area contributed by atoms with Crippen molar-refractivity contribution in [2.45, 2.75) is 12.8 Å². The Hall–Kier alpha value is -3.95. The average Bonchev–Trinajstić information content (AvgIpc) is 3.48. The molecule has 0 aliphatic heterocycles. The molecule has 1 aliphatic rings. The van der Waals surface area contributed by atoms with Gasteiger partial charge in [-0.2, -0.15) is 5.10 Å². The fourth-order valence-electron chi connectivity index (χ4n) is 3.03. The van der Waals surface area contributed by atoms with E-state index in [-0.39, 0.29) is 23.3 Å². The number of para-hydroxylation sites is 1. The first-order chi connectivity index (χ1) is 14.6. The van der Waals surface area contributed by atoms with E-state index in [2.05, 4.69) is 36.3 Å². The number of aromatic amines is 1. The van der Waals surface area contributed by atoms with Crippen molar-refractivity contribution in [1.29, 1.82) is 0 Å². The minimum absolute atomic E-state index is 0.0213. The summed E-state index contributed by atoms with van der Waals surface area (Å²) in [4.78, 5) is 24.4. The van der Waals surface area contributed by atoms with Gasteiger partial charge in [-0.25, -0.2) is 0 Å². The molecule has 2 amide bonds. The predicted octanol–water partition coefficient (Wildman–Crippen LogP) is 2.33. The lowest BCUT2D eigenvalue weighted by Crippen LogP contribution is -2.22. The second-order valence-electron chi connectivity index (χ2n) is 6.82. The molecule has 1 aromatic carbocycles. The zero-order chi connectivity index (χ0) is 21.1. The van der Waals surface area contributed by atoms with Crippen LogP contribution in [0.2, 0.25) is 0 Å². The maximum Gasteiger partial charge on any atom is 0.273 e. The molecule has 0 bridgehead atoms. The number of nitrogens with one attached hydrogen (secondary N) is 4. The lowest BCUT2D eigenvalue weighted by atomic mass is 10.1. The molecule has 0 spiro atoms. The number of carbonyl (C=O) groups excluding carboxylic acids is 2. The van der Waals surface area contributed by atoms with Crippen LogP contribution in [0, 0.1) is 5.92 Å². The number of H-pyrrole nitrogens is 1. The van der Waals surface area contributed by atoms with Crippen LogP contribution in [0.25, 0.3) is 11.3 Å². The van der Waals surface area contributed by atoms with E-state index in [9.17, 15) is 9.59 Å². The minimum atomic E-state index is -0.409. The fraction of sp³-hybridized carbons (Fsp3) is 0.250. The van der Waals surface area contributed by atoms with Crippen LogP contribution in [0.5, 0.6) is 5.75 Å². The van der Waals surface area contributed by atoms with Crippen molar-refractivity contribution in [3.63, 3.8) is 0 Å². The van der Waals surface area contributed by atoms with Crippen LogP contribution in [-0.4, -0.2) is 46.4 Å².